The van der Waals surface area contributed by atoms with Gasteiger partial charge < -0.3 is 24.5 Å². The molecule has 0 saturated carbocycles. The lowest BCUT2D eigenvalue weighted by atomic mass is 9.77. The molecule has 0 aliphatic carbocycles. The highest BCUT2D eigenvalue weighted by Gasteiger charge is 2.72. The maximum Gasteiger partial charge on any atom is 0.249 e. The summed E-state index contributed by atoms with van der Waals surface area (Å²) in [7, 11) is 0. The average molecular weight is 570 g/mol. The molecule has 2 fully saturated rings. The molecule has 2 aromatic rings. The molecule has 6 atom stereocenters. The van der Waals surface area contributed by atoms with Crippen LogP contribution in [-0.2, 0) is 32.1 Å². The lowest BCUT2D eigenvalue weighted by Gasteiger charge is -2.42. The van der Waals surface area contributed by atoms with Crippen LogP contribution in [0.2, 0.25) is 0 Å². The number of hydrogen-bond acceptors (Lipinski definition) is 5. The summed E-state index contributed by atoms with van der Waals surface area (Å²) < 4.78 is 6.77. The third-order valence-corrected chi connectivity index (χ3v) is 9.12. The normalized spacial score (nSPS) is 29.7. The van der Waals surface area contributed by atoms with Crippen LogP contribution in [0.25, 0.3) is 0 Å². The molecule has 4 aliphatic rings. The van der Waals surface area contributed by atoms with Gasteiger partial charge in [-0.25, -0.2) is 0 Å². The van der Waals surface area contributed by atoms with Gasteiger partial charge in [0.15, 0.2) is 0 Å². The number of carbonyl (C=O) groups excluding carboxylic acids is 3. The maximum atomic E-state index is 14.7. The summed E-state index contributed by atoms with van der Waals surface area (Å²) in [5, 5.41) is 10.7. The Hall–Kier alpha value is -3.75. The van der Waals surface area contributed by atoms with Gasteiger partial charge in [-0.3, -0.25) is 14.4 Å². The van der Waals surface area contributed by atoms with Crippen LogP contribution in [0, 0.1) is 11.8 Å². The molecule has 2 aromatic carbocycles. The van der Waals surface area contributed by atoms with Crippen molar-refractivity contribution < 1.29 is 24.2 Å². The molecule has 1 unspecified atom stereocenters. The number of benzene rings is 2. The summed E-state index contributed by atoms with van der Waals surface area (Å²) in [4.78, 5) is 48.5. The van der Waals surface area contributed by atoms with Crippen LogP contribution in [0.5, 0.6) is 0 Å². The zero-order valence-corrected chi connectivity index (χ0v) is 24.4. The number of nitrogens with zero attached hydrogens (tertiary/aromatic N) is 3. The molecule has 6 rings (SSSR count). The summed E-state index contributed by atoms with van der Waals surface area (Å²) >= 11 is 0. The first-order valence-electron chi connectivity index (χ1n) is 14.8. The molecule has 1 N–H and O–H groups in total. The Morgan fingerprint density at radius 1 is 0.905 bits per heavy atom. The van der Waals surface area contributed by atoms with Gasteiger partial charge in [0.1, 0.15) is 11.6 Å². The second-order valence-corrected chi connectivity index (χ2v) is 12.8. The van der Waals surface area contributed by atoms with E-state index in [1.165, 1.54) is 0 Å². The lowest BCUT2D eigenvalue weighted by Crippen LogP contribution is -2.61. The van der Waals surface area contributed by atoms with Crippen LogP contribution >= 0.6 is 0 Å². The van der Waals surface area contributed by atoms with Gasteiger partial charge in [-0.1, -0.05) is 85.0 Å². The number of rotatable bonds is 6. The maximum absolute atomic E-state index is 14.7. The Kier molecular flexibility index (Phi) is 7.31. The standard InChI is InChI=1S/C34H39N3O5/c1-33(2,3)36-19-11-17-34-28(27-26(42-34)16-10-18-35(30(27)39)21-24-14-8-5-9-15-24)31(40)37(29(34)32(36)41)25(22-38)20-23-12-6-4-7-13-23/h4-17,25-29,38H,18-22H2,1-3H3/t25-,26-,27+,28+,29?,34+/m1/s1. The molecule has 4 aliphatic heterocycles. The van der Waals surface area contributed by atoms with Crippen LogP contribution < -0.4 is 0 Å². The molecule has 0 aromatic heterocycles. The quantitative estimate of drug-likeness (QED) is 0.541. The van der Waals surface area contributed by atoms with Gasteiger partial charge >= 0.3 is 0 Å². The Balaban J connectivity index is 1.43. The van der Waals surface area contributed by atoms with Gasteiger partial charge in [-0.15, -0.1) is 0 Å². The van der Waals surface area contributed by atoms with Crippen LogP contribution in [0.15, 0.2) is 85.0 Å². The van der Waals surface area contributed by atoms with Crippen molar-refractivity contribution in [2.45, 2.75) is 63.1 Å². The molecule has 3 amide bonds. The molecule has 0 bridgehead atoms. The number of carbonyl (C=O) groups is 3. The summed E-state index contributed by atoms with van der Waals surface area (Å²) in [6.07, 6.45) is 7.30. The second-order valence-electron chi connectivity index (χ2n) is 12.8. The fourth-order valence-electron chi connectivity index (χ4n) is 7.21. The van der Waals surface area contributed by atoms with Gasteiger partial charge in [0.25, 0.3) is 0 Å². The molecule has 0 radical (unpaired) electrons. The van der Waals surface area contributed by atoms with Crippen molar-refractivity contribution in [3.8, 4) is 0 Å². The Bertz CT molecular complexity index is 1400. The molecular formula is C34H39N3O5. The Morgan fingerprint density at radius 2 is 1.57 bits per heavy atom. The zero-order chi connectivity index (χ0) is 29.6. The van der Waals surface area contributed by atoms with Crippen molar-refractivity contribution in [2.75, 3.05) is 19.7 Å². The van der Waals surface area contributed by atoms with Crippen molar-refractivity contribution in [3.63, 3.8) is 0 Å². The monoisotopic (exact) mass is 569 g/mol. The minimum Gasteiger partial charge on any atom is -0.394 e. The molecule has 8 heteroatoms. The van der Waals surface area contributed by atoms with Crippen LogP contribution in [0.4, 0.5) is 0 Å². The minimum absolute atomic E-state index is 0.161. The fourth-order valence-corrected chi connectivity index (χ4v) is 7.21. The Morgan fingerprint density at radius 3 is 2.21 bits per heavy atom. The summed E-state index contributed by atoms with van der Waals surface area (Å²) in [5.74, 6) is -2.40. The molecule has 1 spiro atoms. The van der Waals surface area contributed by atoms with Gasteiger partial charge in [0.2, 0.25) is 17.7 Å². The largest absolute Gasteiger partial charge is 0.394 e. The highest BCUT2D eigenvalue weighted by molar-refractivity contribution is 6.00. The lowest BCUT2D eigenvalue weighted by molar-refractivity contribution is -0.154. The molecule has 42 heavy (non-hydrogen) atoms. The summed E-state index contributed by atoms with van der Waals surface area (Å²) in [6, 6.07) is 17.8. The predicted octanol–water partition coefficient (Wildman–Crippen LogP) is 2.97. The number of aliphatic hydroxyl groups is 1. The van der Waals surface area contributed by atoms with Crippen molar-refractivity contribution in [2.24, 2.45) is 11.8 Å². The van der Waals surface area contributed by atoms with Gasteiger partial charge in [0, 0.05) is 25.2 Å². The molecular weight excluding hydrogens is 530 g/mol. The zero-order valence-electron chi connectivity index (χ0n) is 24.4. The van der Waals surface area contributed by atoms with E-state index >= 15 is 0 Å². The highest BCUT2D eigenvalue weighted by atomic mass is 16.5. The van der Waals surface area contributed by atoms with E-state index in [-0.39, 0.29) is 24.3 Å². The Labute approximate surface area is 247 Å². The van der Waals surface area contributed by atoms with Gasteiger partial charge in [0.05, 0.1) is 30.6 Å². The molecule has 220 valence electrons. The third-order valence-electron chi connectivity index (χ3n) is 9.12. The van der Waals surface area contributed by atoms with E-state index in [9.17, 15) is 19.5 Å². The van der Waals surface area contributed by atoms with E-state index in [1.807, 2.05) is 106 Å². The minimum atomic E-state index is -1.33. The number of fused-ring (bicyclic) bond motifs is 2. The van der Waals surface area contributed by atoms with Crippen LogP contribution in [0.1, 0.15) is 31.9 Å². The van der Waals surface area contributed by atoms with E-state index in [2.05, 4.69) is 0 Å². The van der Waals surface area contributed by atoms with Crippen molar-refractivity contribution in [1.82, 2.24) is 14.7 Å². The smallest absolute Gasteiger partial charge is 0.249 e. The van der Waals surface area contributed by atoms with Crippen molar-refractivity contribution in [3.05, 3.63) is 96.1 Å². The van der Waals surface area contributed by atoms with E-state index in [4.69, 9.17) is 4.74 Å². The van der Waals surface area contributed by atoms with Crippen molar-refractivity contribution in [1.29, 1.82) is 0 Å². The van der Waals surface area contributed by atoms with Gasteiger partial charge in [-0.05, 0) is 38.3 Å². The molecule has 8 nitrogen and oxygen atoms in total. The van der Waals surface area contributed by atoms with Gasteiger partial charge in [-0.2, -0.15) is 0 Å². The summed E-state index contributed by atoms with van der Waals surface area (Å²) in [6.45, 7) is 6.76. The number of aliphatic hydroxyl groups excluding tert-OH is 1. The van der Waals surface area contributed by atoms with Crippen molar-refractivity contribution >= 4 is 17.7 Å². The first kappa shape index (κ1) is 28.4. The highest BCUT2D eigenvalue weighted by Crippen LogP contribution is 2.54. The summed E-state index contributed by atoms with van der Waals surface area (Å²) in [5.41, 5.74) is 0.0979. The van der Waals surface area contributed by atoms with E-state index in [1.54, 1.807) is 14.7 Å². The second kappa shape index (κ2) is 10.8. The van der Waals surface area contributed by atoms with Crippen LogP contribution in [0.3, 0.4) is 0 Å². The first-order valence-corrected chi connectivity index (χ1v) is 14.8. The SMILES string of the molecule is CC(C)(C)N1CC=C[C@]23O[C@@H]4C=CCN(Cc5ccccc5)C(=O)[C@@H]4[C@H]2C(=O)N([C@@H](CO)Cc2ccccc2)C3C1=O. The number of hydrogen-bond donors (Lipinski definition) is 1. The topological polar surface area (TPSA) is 90.4 Å². The number of amides is 3. The van der Waals surface area contributed by atoms with Crippen LogP contribution in [-0.4, -0.2) is 86.6 Å². The number of ether oxygens (including phenoxy) is 1. The average Bonchev–Trinajstić information content (AvgIpc) is 3.29. The third kappa shape index (κ3) is 4.67. The van der Waals surface area contributed by atoms with E-state index < -0.39 is 41.2 Å². The fraction of sp³-hybridized carbons (Fsp3) is 0.441. The molecule has 4 heterocycles. The number of likely N-dealkylation sites (tertiary alicyclic amines) is 1. The predicted molar refractivity (Wildman–Crippen MR) is 158 cm³/mol. The van der Waals surface area contributed by atoms with E-state index in [0.717, 1.165) is 11.1 Å². The first-order chi connectivity index (χ1) is 20.2. The molecule has 2 saturated heterocycles. The van der Waals surface area contributed by atoms with E-state index in [0.29, 0.717) is 26.1 Å².